The number of imide groups is 1. The van der Waals surface area contributed by atoms with Crippen LogP contribution in [0.25, 0.3) is 0 Å². The molecule has 3 amide bonds. The zero-order valence-corrected chi connectivity index (χ0v) is 17.5. The molecule has 2 aliphatic rings. The van der Waals surface area contributed by atoms with Gasteiger partial charge >= 0.3 is 6.03 Å². The van der Waals surface area contributed by atoms with E-state index >= 15 is 0 Å². The van der Waals surface area contributed by atoms with Gasteiger partial charge in [0.15, 0.2) is 0 Å². The summed E-state index contributed by atoms with van der Waals surface area (Å²) in [4.78, 5) is 30.8. The first-order valence-corrected chi connectivity index (χ1v) is 10.9. The van der Waals surface area contributed by atoms with E-state index < -0.39 is 0 Å². The third kappa shape index (κ3) is 4.40. The van der Waals surface area contributed by atoms with Crippen molar-refractivity contribution in [3.8, 4) is 0 Å². The molecule has 158 valence electrons. The van der Waals surface area contributed by atoms with Crippen molar-refractivity contribution in [2.45, 2.75) is 31.8 Å². The Morgan fingerprint density at radius 3 is 2.00 bits per heavy atom. The summed E-state index contributed by atoms with van der Waals surface area (Å²) in [5, 5.41) is 2.81. The van der Waals surface area contributed by atoms with Crippen LogP contribution in [0.3, 0.4) is 0 Å². The molecule has 0 radical (unpaired) electrons. The molecule has 0 unspecified atom stereocenters. The SMILES string of the molecule is CCC[C@H]1NC(=O)N(CN2CCN(C(c3ccccc3)c3ccccc3)CC2)C1=O. The number of nitrogens with one attached hydrogen (secondary N) is 1. The second-order valence-electron chi connectivity index (χ2n) is 8.08. The number of amides is 3. The van der Waals surface area contributed by atoms with Crippen LogP contribution in [0.5, 0.6) is 0 Å². The predicted molar refractivity (Wildman–Crippen MR) is 117 cm³/mol. The van der Waals surface area contributed by atoms with Gasteiger partial charge in [-0.15, -0.1) is 0 Å². The van der Waals surface area contributed by atoms with Crippen LogP contribution in [0.1, 0.15) is 36.9 Å². The number of carbonyl (C=O) groups excluding carboxylic acids is 2. The number of benzene rings is 2. The molecule has 2 heterocycles. The quantitative estimate of drug-likeness (QED) is 0.718. The van der Waals surface area contributed by atoms with Crippen LogP contribution in [0, 0.1) is 0 Å². The van der Waals surface area contributed by atoms with E-state index in [0.717, 1.165) is 32.6 Å². The average molecular weight is 407 g/mol. The molecule has 30 heavy (non-hydrogen) atoms. The lowest BCUT2D eigenvalue weighted by Gasteiger charge is -2.40. The van der Waals surface area contributed by atoms with E-state index in [4.69, 9.17) is 0 Å². The fourth-order valence-electron chi connectivity index (χ4n) is 4.44. The Labute approximate surface area is 178 Å². The molecule has 0 aliphatic carbocycles. The van der Waals surface area contributed by atoms with Gasteiger partial charge in [0.2, 0.25) is 0 Å². The normalized spacial score (nSPS) is 20.7. The van der Waals surface area contributed by atoms with Gasteiger partial charge in [-0.05, 0) is 17.5 Å². The van der Waals surface area contributed by atoms with Crippen LogP contribution < -0.4 is 5.32 Å². The lowest BCUT2D eigenvalue weighted by molar-refractivity contribution is -0.129. The molecule has 4 rings (SSSR count). The van der Waals surface area contributed by atoms with Gasteiger partial charge in [0, 0.05) is 26.2 Å². The van der Waals surface area contributed by atoms with Crippen LogP contribution in [0.15, 0.2) is 60.7 Å². The van der Waals surface area contributed by atoms with Crippen molar-refractivity contribution in [2.75, 3.05) is 32.8 Å². The van der Waals surface area contributed by atoms with Gasteiger partial charge in [-0.2, -0.15) is 0 Å². The minimum absolute atomic E-state index is 0.0873. The Bertz CT molecular complexity index is 811. The Morgan fingerprint density at radius 2 is 1.47 bits per heavy atom. The highest BCUT2D eigenvalue weighted by Crippen LogP contribution is 2.29. The highest BCUT2D eigenvalue weighted by Gasteiger charge is 2.38. The number of nitrogens with zero attached hydrogens (tertiary/aromatic N) is 3. The second kappa shape index (κ2) is 9.41. The summed E-state index contributed by atoms with van der Waals surface area (Å²) >= 11 is 0. The van der Waals surface area contributed by atoms with E-state index in [9.17, 15) is 9.59 Å². The van der Waals surface area contributed by atoms with Crippen LogP contribution >= 0.6 is 0 Å². The topological polar surface area (TPSA) is 55.9 Å². The number of piperazine rings is 1. The van der Waals surface area contributed by atoms with E-state index in [1.807, 2.05) is 19.1 Å². The minimum atomic E-state index is -0.357. The Kier molecular flexibility index (Phi) is 6.45. The van der Waals surface area contributed by atoms with Crippen LogP contribution in [-0.2, 0) is 4.79 Å². The Hall–Kier alpha value is -2.70. The number of rotatable bonds is 7. The fraction of sp³-hybridized carbons (Fsp3) is 0.417. The van der Waals surface area contributed by atoms with Gasteiger partial charge in [-0.3, -0.25) is 14.6 Å². The molecular weight excluding hydrogens is 376 g/mol. The molecule has 0 bridgehead atoms. The van der Waals surface area contributed by atoms with Crippen molar-refractivity contribution in [2.24, 2.45) is 0 Å². The van der Waals surface area contributed by atoms with Gasteiger partial charge in [-0.25, -0.2) is 9.69 Å². The summed E-state index contributed by atoms with van der Waals surface area (Å²) in [6, 6.07) is 20.8. The monoisotopic (exact) mass is 406 g/mol. The zero-order valence-electron chi connectivity index (χ0n) is 17.5. The molecule has 2 fully saturated rings. The predicted octanol–water partition coefficient (Wildman–Crippen LogP) is 3.07. The molecule has 6 heteroatoms. The van der Waals surface area contributed by atoms with E-state index in [-0.39, 0.29) is 24.0 Å². The maximum absolute atomic E-state index is 12.5. The van der Waals surface area contributed by atoms with Crippen molar-refractivity contribution < 1.29 is 9.59 Å². The third-order valence-electron chi connectivity index (χ3n) is 6.03. The Balaban J connectivity index is 1.42. The van der Waals surface area contributed by atoms with Crippen molar-refractivity contribution in [3.63, 3.8) is 0 Å². The van der Waals surface area contributed by atoms with Crippen LogP contribution in [0.4, 0.5) is 4.79 Å². The summed E-state index contributed by atoms with van der Waals surface area (Å²) in [6.07, 6.45) is 1.58. The summed E-state index contributed by atoms with van der Waals surface area (Å²) in [6.45, 7) is 5.82. The average Bonchev–Trinajstić information content (AvgIpc) is 3.04. The molecule has 2 aliphatic heterocycles. The van der Waals surface area contributed by atoms with Gasteiger partial charge in [0.05, 0.1) is 12.7 Å². The Morgan fingerprint density at radius 1 is 0.900 bits per heavy atom. The molecule has 2 aromatic carbocycles. The van der Waals surface area contributed by atoms with E-state index in [2.05, 4.69) is 63.6 Å². The third-order valence-corrected chi connectivity index (χ3v) is 6.03. The minimum Gasteiger partial charge on any atom is -0.326 e. The van der Waals surface area contributed by atoms with Crippen molar-refractivity contribution >= 4 is 11.9 Å². The molecule has 0 saturated carbocycles. The van der Waals surface area contributed by atoms with Crippen molar-refractivity contribution in [1.82, 2.24) is 20.0 Å². The van der Waals surface area contributed by atoms with Crippen molar-refractivity contribution in [1.29, 1.82) is 0 Å². The largest absolute Gasteiger partial charge is 0.326 e. The first-order chi connectivity index (χ1) is 14.7. The fourth-order valence-corrected chi connectivity index (χ4v) is 4.44. The van der Waals surface area contributed by atoms with E-state index in [1.165, 1.54) is 16.0 Å². The first kappa shape index (κ1) is 20.6. The number of hydrogen-bond acceptors (Lipinski definition) is 4. The number of hydrogen-bond donors (Lipinski definition) is 1. The molecule has 2 saturated heterocycles. The maximum Gasteiger partial charge on any atom is 0.325 e. The van der Waals surface area contributed by atoms with E-state index in [1.54, 1.807) is 0 Å². The van der Waals surface area contributed by atoms with Gasteiger partial charge in [0.25, 0.3) is 5.91 Å². The molecular formula is C24H30N4O2. The highest BCUT2D eigenvalue weighted by molar-refractivity contribution is 6.04. The molecule has 6 nitrogen and oxygen atoms in total. The number of carbonyl (C=O) groups is 2. The molecule has 2 aromatic rings. The lowest BCUT2D eigenvalue weighted by atomic mass is 9.96. The highest BCUT2D eigenvalue weighted by atomic mass is 16.2. The molecule has 0 spiro atoms. The van der Waals surface area contributed by atoms with E-state index in [0.29, 0.717) is 13.1 Å². The van der Waals surface area contributed by atoms with Gasteiger partial charge in [0.1, 0.15) is 6.04 Å². The smallest absolute Gasteiger partial charge is 0.325 e. The maximum atomic E-state index is 12.5. The summed E-state index contributed by atoms with van der Waals surface area (Å²) in [5.41, 5.74) is 2.57. The van der Waals surface area contributed by atoms with Crippen LogP contribution in [-0.4, -0.2) is 65.5 Å². The number of urea groups is 1. The first-order valence-electron chi connectivity index (χ1n) is 10.9. The van der Waals surface area contributed by atoms with Gasteiger partial charge in [-0.1, -0.05) is 74.0 Å². The second-order valence-corrected chi connectivity index (χ2v) is 8.08. The lowest BCUT2D eigenvalue weighted by Crippen LogP contribution is -2.52. The van der Waals surface area contributed by atoms with Gasteiger partial charge < -0.3 is 5.32 Å². The standard InChI is InChI=1S/C24H30N4O2/c1-2-9-21-23(29)28(24(30)25-21)18-26-14-16-27(17-15-26)22(19-10-5-3-6-11-19)20-12-7-4-8-13-20/h3-8,10-13,21-22H,2,9,14-18H2,1H3,(H,25,30)/t21-/m1/s1. The molecule has 1 atom stereocenters. The summed E-state index contributed by atoms with van der Waals surface area (Å²) in [5.74, 6) is -0.0873. The summed E-state index contributed by atoms with van der Waals surface area (Å²) in [7, 11) is 0. The van der Waals surface area contributed by atoms with Crippen LogP contribution in [0.2, 0.25) is 0 Å². The van der Waals surface area contributed by atoms with Crippen molar-refractivity contribution in [3.05, 3.63) is 71.8 Å². The zero-order chi connectivity index (χ0) is 20.9. The molecule has 1 N–H and O–H groups in total. The molecule has 0 aromatic heterocycles. The summed E-state index contributed by atoms with van der Waals surface area (Å²) < 4.78 is 0.